The van der Waals surface area contributed by atoms with Crippen LogP contribution in [0.5, 0.6) is 0 Å². The van der Waals surface area contributed by atoms with Crippen LogP contribution in [0, 0.1) is 0 Å². The van der Waals surface area contributed by atoms with Crippen molar-refractivity contribution in [1.29, 1.82) is 0 Å². The van der Waals surface area contributed by atoms with Crippen molar-refractivity contribution in [3.63, 3.8) is 0 Å². The molecule has 1 unspecified atom stereocenters. The van der Waals surface area contributed by atoms with Crippen molar-refractivity contribution in [3.05, 3.63) is 59.7 Å². The van der Waals surface area contributed by atoms with E-state index in [-0.39, 0.29) is 19.1 Å². The molecule has 3 rings (SSSR count). The van der Waals surface area contributed by atoms with Crippen LogP contribution in [-0.2, 0) is 19.1 Å². The molecule has 146 valence electrons. The van der Waals surface area contributed by atoms with Crippen molar-refractivity contribution in [2.24, 2.45) is 0 Å². The smallest absolute Gasteiger partial charge is 0.407 e. The summed E-state index contributed by atoms with van der Waals surface area (Å²) in [5, 5.41) is 4.85. The number of esters is 1. The quantitative estimate of drug-likeness (QED) is 0.747. The highest BCUT2D eigenvalue weighted by Gasteiger charge is 2.29. The molecule has 2 aromatic rings. The molecule has 0 bridgehead atoms. The Morgan fingerprint density at radius 1 is 1.00 bits per heavy atom. The number of nitrogens with one attached hydrogen (secondary N) is 2. The Morgan fingerprint density at radius 3 is 2.14 bits per heavy atom. The van der Waals surface area contributed by atoms with Gasteiger partial charge in [0.15, 0.2) is 0 Å². The first kappa shape index (κ1) is 19.4. The number of benzene rings is 2. The van der Waals surface area contributed by atoms with Crippen LogP contribution in [0.25, 0.3) is 11.1 Å². The predicted molar refractivity (Wildman–Crippen MR) is 103 cm³/mol. The maximum atomic E-state index is 12.1. The minimum atomic E-state index is -0.847. The van der Waals surface area contributed by atoms with Gasteiger partial charge >= 0.3 is 12.1 Å². The summed E-state index contributed by atoms with van der Waals surface area (Å²) in [7, 11) is 1.23. The predicted octanol–water partition coefficient (Wildman–Crippen LogP) is 2.20. The van der Waals surface area contributed by atoms with Crippen LogP contribution in [0.2, 0.25) is 0 Å². The van der Waals surface area contributed by atoms with E-state index in [1.807, 2.05) is 36.4 Å². The fraction of sp³-hybridized carbons (Fsp3) is 0.286. The van der Waals surface area contributed by atoms with Crippen molar-refractivity contribution in [2.45, 2.75) is 18.9 Å². The van der Waals surface area contributed by atoms with Crippen LogP contribution in [0.3, 0.4) is 0 Å². The maximum absolute atomic E-state index is 12.1. The average Bonchev–Trinajstić information content (AvgIpc) is 3.04. The number of fused-ring (bicyclic) bond motifs is 3. The van der Waals surface area contributed by atoms with Crippen LogP contribution in [0.4, 0.5) is 4.79 Å². The summed E-state index contributed by atoms with van der Waals surface area (Å²) < 4.78 is 9.83. The van der Waals surface area contributed by atoms with Gasteiger partial charge < -0.3 is 20.1 Å². The zero-order valence-electron chi connectivity index (χ0n) is 15.7. The number of amides is 2. The van der Waals surface area contributed by atoms with Gasteiger partial charge in [-0.2, -0.15) is 0 Å². The Bertz CT molecular complexity index is 850. The van der Waals surface area contributed by atoms with Gasteiger partial charge in [-0.15, -0.1) is 0 Å². The number of ether oxygens (including phenoxy) is 2. The fourth-order valence-electron chi connectivity index (χ4n) is 3.27. The molecule has 0 aliphatic heterocycles. The molecule has 2 aromatic carbocycles. The van der Waals surface area contributed by atoms with Gasteiger partial charge in [0, 0.05) is 5.92 Å². The van der Waals surface area contributed by atoms with Gasteiger partial charge in [0.25, 0.3) is 0 Å². The lowest BCUT2D eigenvalue weighted by molar-refractivity contribution is -0.141. The zero-order chi connectivity index (χ0) is 20.1. The van der Waals surface area contributed by atoms with Crippen LogP contribution in [0.15, 0.2) is 48.5 Å². The molecule has 1 aliphatic carbocycles. The number of carbonyl (C=O) groups excluding carboxylic acids is 3. The Morgan fingerprint density at radius 2 is 1.57 bits per heavy atom. The molecule has 1 aliphatic rings. The summed E-state index contributed by atoms with van der Waals surface area (Å²) in [5.41, 5.74) is 4.51. The second-order valence-corrected chi connectivity index (χ2v) is 6.49. The minimum absolute atomic E-state index is 0.0541. The maximum Gasteiger partial charge on any atom is 0.407 e. The number of methoxy groups -OCH3 is 1. The Kier molecular flexibility index (Phi) is 5.93. The molecule has 0 saturated carbocycles. The number of alkyl carbamates (subject to hydrolysis) is 1. The Hall–Kier alpha value is -3.35. The zero-order valence-corrected chi connectivity index (χ0v) is 15.7. The monoisotopic (exact) mass is 382 g/mol. The third-order valence-electron chi connectivity index (χ3n) is 4.71. The highest BCUT2D eigenvalue weighted by Crippen LogP contribution is 2.44. The number of carbonyl (C=O) groups is 3. The van der Waals surface area contributed by atoms with Crippen LogP contribution < -0.4 is 10.6 Å². The highest BCUT2D eigenvalue weighted by molar-refractivity contribution is 5.88. The normalized spacial score (nSPS) is 13.1. The van der Waals surface area contributed by atoms with Crippen molar-refractivity contribution in [1.82, 2.24) is 10.6 Å². The first-order valence-electron chi connectivity index (χ1n) is 8.97. The van der Waals surface area contributed by atoms with Gasteiger partial charge in [0.1, 0.15) is 19.2 Å². The summed E-state index contributed by atoms with van der Waals surface area (Å²) in [4.78, 5) is 35.1. The van der Waals surface area contributed by atoms with E-state index in [0.29, 0.717) is 0 Å². The standard InChI is InChI=1S/C21H22N2O5/c1-13(20(25)22-11-19(24)27-2)23-21(26)28-12-18-16-9-5-3-7-14(16)15-8-4-6-10-17(15)18/h3-10,13,18H,11-12H2,1-2H3,(H,22,25)(H,23,26). The lowest BCUT2D eigenvalue weighted by Gasteiger charge is -2.17. The van der Waals surface area contributed by atoms with Gasteiger partial charge in [0.2, 0.25) is 5.91 Å². The molecule has 0 radical (unpaired) electrons. The average molecular weight is 382 g/mol. The summed E-state index contributed by atoms with van der Waals surface area (Å²) in [5.74, 6) is -1.12. The highest BCUT2D eigenvalue weighted by atomic mass is 16.5. The van der Waals surface area contributed by atoms with E-state index in [2.05, 4.69) is 27.5 Å². The van der Waals surface area contributed by atoms with E-state index in [1.165, 1.54) is 14.0 Å². The van der Waals surface area contributed by atoms with Gasteiger partial charge in [-0.3, -0.25) is 9.59 Å². The molecule has 7 nitrogen and oxygen atoms in total. The summed E-state index contributed by atoms with van der Waals surface area (Å²) >= 11 is 0. The van der Waals surface area contributed by atoms with E-state index in [0.717, 1.165) is 22.3 Å². The Balaban J connectivity index is 1.58. The van der Waals surface area contributed by atoms with E-state index < -0.39 is 24.0 Å². The van der Waals surface area contributed by atoms with Crippen molar-refractivity contribution < 1.29 is 23.9 Å². The van der Waals surface area contributed by atoms with E-state index in [4.69, 9.17) is 4.74 Å². The van der Waals surface area contributed by atoms with Crippen LogP contribution >= 0.6 is 0 Å². The fourth-order valence-corrected chi connectivity index (χ4v) is 3.27. The molecular weight excluding hydrogens is 360 g/mol. The summed E-state index contributed by atoms with van der Waals surface area (Å²) in [6.07, 6.45) is -0.692. The third-order valence-corrected chi connectivity index (χ3v) is 4.71. The Labute approximate surface area is 163 Å². The van der Waals surface area contributed by atoms with Gasteiger partial charge in [-0.05, 0) is 29.2 Å². The lowest BCUT2D eigenvalue weighted by Crippen LogP contribution is -2.46. The second-order valence-electron chi connectivity index (χ2n) is 6.49. The topological polar surface area (TPSA) is 93.7 Å². The van der Waals surface area contributed by atoms with Gasteiger partial charge in [0.05, 0.1) is 7.11 Å². The molecule has 2 amide bonds. The molecule has 28 heavy (non-hydrogen) atoms. The summed E-state index contributed by atoms with van der Waals surface area (Å²) in [6.45, 7) is 1.41. The number of hydrogen-bond acceptors (Lipinski definition) is 5. The molecule has 0 heterocycles. The SMILES string of the molecule is COC(=O)CNC(=O)C(C)NC(=O)OCC1c2ccccc2-c2ccccc21. The van der Waals surface area contributed by atoms with E-state index in [1.54, 1.807) is 0 Å². The lowest BCUT2D eigenvalue weighted by atomic mass is 9.98. The third kappa shape index (κ3) is 4.14. The molecular formula is C21H22N2O5. The van der Waals surface area contributed by atoms with Gasteiger partial charge in [-0.1, -0.05) is 48.5 Å². The van der Waals surface area contributed by atoms with Crippen molar-refractivity contribution >= 4 is 18.0 Å². The first-order chi connectivity index (χ1) is 13.5. The van der Waals surface area contributed by atoms with Crippen molar-refractivity contribution in [2.75, 3.05) is 20.3 Å². The molecule has 0 fully saturated rings. The van der Waals surface area contributed by atoms with E-state index in [9.17, 15) is 14.4 Å². The molecule has 0 aromatic heterocycles. The molecule has 0 saturated heterocycles. The summed E-state index contributed by atoms with van der Waals surface area (Å²) in [6, 6.07) is 15.2. The molecule has 7 heteroatoms. The largest absolute Gasteiger partial charge is 0.468 e. The first-order valence-corrected chi connectivity index (χ1v) is 8.97. The number of hydrogen-bond donors (Lipinski definition) is 2. The van der Waals surface area contributed by atoms with Crippen LogP contribution in [0.1, 0.15) is 24.0 Å². The minimum Gasteiger partial charge on any atom is -0.468 e. The number of rotatable bonds is 6. The molecule has 0 spiro atoms. The molecule has 2 N–H and O–H groups in total. The van der Waals surface area contributed by atoms with Gasteiger partial charge in [-0.25, -0.2) is 4.79 Å². The molecule has 1 atom stereocenters. The van der Waals surface area contributed by atoms with Crippen LogP contribution in [-0.4, -0.2) is 44.3 Å². The van der Waals surface area contributed by atoms with Crippen molar-refractivity contribution in [3.8, 4) is 11.1 Å². The second kappa shape index (κ2) is 8.56. The van der Waals surface area contributed by atoms with E-state index >= 15 is 0 Å².